The standard InChI is InChI=1S/C16H19N3O/c1-2-16(8-4-10-18-16)15(20)19-13-6-7-14-12(11-13)5-3-9-17-14/h3,5-7,9,11,18H,2,4,8,10H2,1H3,(H,19,20). The van der Waals surface area contributed by atoms with E-state index in [1.165, 1.54) is 0 Å². The van der Waals surface area contributed by atoms with Crippen LogP contribution in [0.25, 0.3) is 10.9 Å². The van der Waals surface area contributed by atoms with E-state index in [1.54, 1.807) is 6.20 Å². The zero-order chi connectivity index (χ0) is 14.0. The number of anilines is 1. The number of aromatic nitrogens is 1. The second kappa shape index (κ2) is 5.21. The molecule has 2 aromatic rings. The first-order chi connectivity index (χ1) is 9.73. The summed E-state index contributed by atoms with van der Waals surface area (Å²) in [6.07, 6.45) is 4.55. The molecule has 0 saturated carbocycles. The molecule has 1 aromatic heterocycles. The Morgan fingerprint density at radius 1 is 1.45 bits per heavy atom. The molecule has 0 spiro atoms. The van der Waals surface area contributed by atoms with Gasteiger partial charge in [0.25, 0.3) is 0 Å². The van der Waals surface area contributed by atoms with Gasteiger partial charge >= 0.3 is 0 Å². The van der Waals surface area contributed by atoms with Crippen molar-refractivity contribution in [2.45, 2.75) is 31.7 Å². The third-order valence-electron chi connectivity index (χ3n) is 4.14. The molecule has 1 aromatic carbocycles. The van der Waals surface area contributed by atoms with Crippen LogP contribution in [0, 0.1) is 0 Å². The number of nitrogens with one attached hydrogen (secondary N) is 2. The second-order valence-electron chi connectivity index (χ2n) is 5.33. The first kappa shape index (κ1) is 13.1. The number of hydrogen-bond acceptors (Lipinski definition) is 3. The number of amides is 1. The normalized spacial score (nSPS) is 22.1. The number of carbonyl (C=O) groups is 1. The van der Waals surface area contributed by atoms with E-state index in [0.29, 0.717) is 0 Å². The molecule has 2 heterocycles. The van der Waals surface area contributed by atoms with E-state index in [1.807, 2.05) is 30.3 Å². The van der Waals surface area contributed by atoms with E-state index in [4.69, 9.17) is 0 Å². The summed E-state index contributed by atoms with van der Waals surface area (Å²) >= 11 is 0. The Morgan fingerprint density at radius 3 is 3.10 bits per heavy atom. The van der Waals surface area contributed by atoms with Gasteiger partial charge in [-0.05, 0) is 50.1 Å². The molecule has 0 radical (unpaired) electrons. The van der Waals surface area contributed by atoms with Crippen LogP contribution in [0.2, 0.25) is 0 Å². The average molecular weight is 269 g/mol. The summed E-state index contributed by atoms with van der Waals surface area (Å²) in [7, 11) is 0. The van der Waals surface area contributed by atoms with E-state index >= 15 is 0 Å². The van der Waals surface area contributed by atoms with Gasteiger partial charge in [-0.1, -0.05) is 13.0 Å². The number of nitrogens with zero attached hydrogens (tertiary/aromatic N) is 1. The predicted molar refractivity (Wildman–Crippen MR) is 80.6 cm³/mol. The number of hydrogen-bond donors (Lipinski definition) is 2. The molecule has 0 bridgehead atoms. The summed E-state index contributed by atoms with van der Waals surface area (Å²) in [5.41, 5.74) is 1.37. The lowest BCUT2D eigenvalue weighted by Crippen LogP contribution is -2.50. The number of benzene rings is 1. The molecule has 1 unspecified atom stereocenters. The van der Waals surface area contributed by atoms with Gasteiger partial charge in [0.1, 0.15) is 0 Å². The summed E-state index contributed by atoms with van der Waals surface area (Å²) in [5, 5.41) is 7.43. The van der Waals surface area contributed by atoms with E-state index in [9.17, 15) is 4.79 Å². The summed E-state index contributed by atoms with van der Waals surface area (Å²) in [5.74, 6) is 0.0701. The smallest absolute Gasteiger partial charge is 0.244 e. The zero-order valence-corrected chi connectivity index (χ0v) is 11.6. The molecule has 1 saturated heterocycles. The Bertz CT molecular complexity index is 632. The van der Waals surface area contributed by atoms with Gasteiger partial charge in [0.05, 0.1) is 11.1 Å². The lowest BCUT2D eigenvalue weighted by atomic mass is 9.93. The van der Waals surface area contributed by atoms with Gasteiger partial charge < -0.3 is 10.6 Å². The van der Waals surface area contributed by atoms with Gasteiger partial charge in [-0.2, -0.15) is 0 Å². The second-order valence-corrected chi connectivity index (χ2v) is 5.33. The number of rotatable bonds is 3. The highest BCUT2D eigenvalue weighted by Crippen LogP contribution is 2.25. The molecule has 1 atom stereocenters. The lowest BCUT2D eigenvalue weighted by molar-refractivity contribution is -0.122. The van der Waals surface area contributed by atoms with E-state index in [2.05, 4.69) is 22.5 Å². The SMILES string of the molecule is CCC1(C(=O)Nc2ccc3ncccc3c2)CCCN1. The first-order valence-corrected chi connectivity index (χ1v) is 7.15. The van der Waals surface area contributed by atoms with Crippen molar-refractivity contribution < 1.29 is 4.79 Å². The fourth-order valence-corrected chi connectivity index (χ4v) is 2.87. The Balaban J connectivity index is 1.83. The van der Waals surface area contributed by atoms with Crippen molar-refractivity contribution in [1.82, 2.24) is 10.3 Å². The third kappa shape index (κ3) is 2.27. The maximum absolute atomic E-state index is 12.5. The minimum Gasteiger partial charge on any atom is -0.324 e. The number of carbonyl (C=O) groups excluding carboxylic acids is 1. The summed E-state index contributed by atoms with van der Waals surface area (Å²) in [4.78, 5) is 16.8. The van der Waals surface area contributed by atoms with E-state index in [-0.39, 0.29) is 5.91 Å². The maximum Gasteiger partial charge on any atom is 0.244 e. The molecular formula is C16H19N3O. The van der Waals surface area contributed by atoms with E-state index < -0.39 is 5.54 Å². The monoisotopic (exact) mass is 269 g/mol. The molecule has 104 valence electrons. The fourth-order valence-electron chi connectivity index (χ4n) is 2.87. The van der Waals surface area contributed by atoms with Gasteiger partial charge in [0, 0.05) is 17.3 Å². The van der Waals surface area contributed by atoms with Crippen LogP contribution in [0.4, 0.5) is 5.69 Å². The minimum absolute atomic E-state index is 0.0701. The lowest BCUT2D eigenvalue weighted by Gasteiger charge is -2.26. The molecule has 4 nitrogen and oxygen atoms in total. The predicted octanol–water partition coefficient (Wildman–Crippen LogP) is 2.71. The van der Waals surface area contributed by atoms with Gasteiger partial charge in [0.2, 0.25) is 5.91 Å². The van der Waals surface area contributed by atoms with Gasteiger partial charge in [0.15, 0.2) is 0 Å². The topological polar surface area (TPSA) is 54.0 Å². The third-order valence-corrected chi connectivity index (χ3v) is 4.14. The Kier molecular flexibility index (Phi) is 3.40. The van der Waals surface area contributed by atoms with Crippen molar-refractivity contribution in [2.75, 3.05) is 11.9 Å². The summed E-state index contributed by atoms with van der Waals surface area (Å²) in [6.45, 7) is 2.98. The molecule has 20 heavy (non-hydrogen) atoms. The molecule has 1 amide bonds. The van der Waals surface area contributed by atoms with E-state index in [0.717, 1.165) is 42.4 Å². The van der Waals surface area contributed by atoms with Crippen LogP contribution >= 0.6 is 0 Å². The van der Waals surface area contributed by atoms with Crippen LogP contribution < -0.4 is 10.6 Å². The largest absolute Gasteiger partial charge is 0.324 e. The van der Waals surface area contributed by atoms with Gasteiger partial charge in [-0.25, -0.2) is 0 Å². The molecule has 0 aliphatic carbocycles. The highest BCUT2D eigenvalue weighted by atomic mass is 16.2. The van der Waals surface area contributed by atoms with Crippen LogP contribution in [0.5, 0.6) is 0 Å². The van der Waals surface area contributed by atoms with Crippen LogP contribution in [0.15, 0.2) is 36.5 Å². The number of fused-ring (bicyclic) bond motifs is 1. The molecule has 1 fully saturated rings. The van der Waals surface area contributed by atoms with Crippen LogP contribution in [-0.2, 0) is 4.79 Å². The van der Waals surface area contributed by atoms with Gasteiger partial charge in [-0.3, -0.25) is 9.78 Å². The first-order valence-electron chi connectivity index (χ1n) is 7.15. The van der Waals surface area contributed by atoms with Crippen molar-refractivity contribution in [3.05, 3.63) is 36.5 Å². The molecule has 3 rings (SSSR count). The van der Waals surface area contributed by atoms with Crippen LogP contribution in [0.1, 0.15) is 26.2 Å². The Labute approximate surface area is 118 Å². The minimum atomic E-state index is -0.399. The zero-order valence-electron chi connectivity index (χ0n) is 11.6. The highest BCUT2D eigenvalue weighted by molar-refractivity contribution is 5.99. The number of pyridine rings is 1. The Hall–Kier alpha value is -1.94. The highest BCUT2D eigenvalue weighted by Gasteiger charge is 2.38. The van der Waals surface area contributed by atoms with Crippen molar-refractivity contribution in [2.24, 2.45) is 0 Å². The van der Waals surface area contributed by atoms with Crippen LogP contribution in [-0.4, -0.2) is 23.0 Å². The summed E-state index contributed by atoms with van der Waals surface area (Å²) < 4.78 is 0. The molecule has 4 heteroatoms. The fraction of sp³-hybridized carbons (Fsp3) is 0.375. The summed E-state index contributed by atoms with van der Waals surface area (Å²) in [6, 6.07) is 9.72. The quantitative estimate of drug-likeness (QED) is 0.900. The molecular weight excluding hydrogens is 250 g/mol. The molecule has 1 aliphatic heterocycles. The van der Waals surface area contributed by atoms with Crippen LogP contribution in [0.3, 0.4) is 0 Å². The van der Waals surface area contributed by atoms with Gasteiger partial charge in [-0.15, -0.1) is 0 Å². The van der Waals surface area contributed by atoms with Crippen molar-refractivity contribution >= 4 is 22.5 Å². The molecule has 1 aliphatic rings. The van der Waals surface area contributed by atoms with Crippen molar-refractivity contribution in [1.29, 1.82) is 0 Å². The maximum atomic E-state index is 12.5. The Morgan fingerprint density at radius 2 is 2.35 bits per heavy atom. The molecule has 2 N–H and O–H groups in total. The van der Waals surface area contributed by atoms with Crippen molar-refractivity contribution in [3.8, 4) is 0 Å². The van der Waals surface area contributed by atoms with Crippen molar-refractivity contribution in [3.63, 3.8) is 0 Å². The average Bonchev–Trinajstić information content (AvgIpc) is 2.97.